The molecule has 1 atom stereocenters. The molecule has 28 heavy (non-hydrogen) atoms. The summed E-state index contributed by atoms with van der Waals surface area (Å²) in [6.07, 6.45) is 5.99. The van der Waals surface area contributed by atoms with Gasteiger partial charge in [-0.2, -0.15) is 0 Å². The molecule has 1 saturated carbocycles. The van der Waals surface area contributed by atoms with Crippen molar-refractivity contribution in [2.45, 2.75) is 84.2 Å². The van der Waals surface area contributed by atoms with Crippen molar-refractivity contribution < 1.29 is 23.4 Å². The SMILES string of the molecule is CCCCOc1ccc(COC2CCC(OC[C@H](C)NC(C)=O)CC2)c(F)c1. The number of carbonyl (C=O) groups is 1. The van der Waals surface area contributed by atoms with Crippen LogP contribution in [0.15, 0.2) is 18.2 Å². The Hall–Kier alpha value is -1.66. The van der Waals surface area contributed by atoms with E-state index in [4.69, 9.17) is 14.2 Å². The number of benzene rings is 1. The highest BCUT2D eigenvalue weighted by atomic mass is 19.1. The van der Waals surface area contributed by atoms with E-state index in [1.165, 1.54) is 13.0 Å². The number of amides is 1. The van der Waals surface area contributed by atoms with Crippen LogP contribution in [0.2, 0.25) is 0 Å². The molecule has 1 aliphatic rings. The van der Waals surface area contributed by atoms with Gasteiger partial charge in [-0.3, -0.25) is 4.79 Å². The topological polar surface area (TPSA) is 56.8 Å². The van der Waals surface area contributed by atoms with Crippen molar-refractivity contribution in [3.8, 4) is 5.75 Å². The monoisotopic (exact) mass is 395 g/mol. The van der Waals surface area contributed by atoms with E-state index in [1.54, 1.807) is 12.1 Å². The summed E-state index contributed by atoms with van der Waals surface area (Å²) < 4.78 is 31.6. The number of carbonyl (C=O) groups excluding carboxylic acids is 1. The first-order valence-corrected chi connectivity index (χ1v) is 10.4. The van der Waals surface area contributed by atoms with Crippen LogP contribution in [0.3, 0.4) is 0 Å². The summed E-state index contributed by atoms with van der Waals surface area (Å²) in [6, 6.07) is 5.01. The zero-order chi connectivity index (χ0) is 20.4. The molecule has 0 heterocycles. The molecule has 158 valence electrons. The fourth-order valence-electron chi connectivity index (χ4n) is 3.31. The first kappa shape index (κ1) is 22.6. The van der Waals surface area contributed by atoms with E-state index in [9.17, 15) is 9.18 Å². The maximum atomic E-state index is 14.2. The molecule has 1 amide bonds. The number of halogens is 1. The summed E-state index contributed by atoms with van der Waals surface area (Å²) in [5, 5.41) is 2.82. The zero-order valence-corrected chi connectivity index (χ0v) is 17.3. The van der Waals surface area contributed by atoms with E-state index in [2.05, 4.69) is 12.2 Å². The summed E-state index contributed by atoms with van der Waals surface area (Å²) in [5.41, 5.74) is 0.561. The zero-order valence-electron chi connectivity index (χ0n) is 17.3. The van der Waals surface area contributed by atoms with Gasteiger partial charge < -0.3 is 19.5 Å². The Morgan fingerprint density at radius 3 is 2.50 bits per heavy atom. The predicted molar refractivity (Wildman–Crippen MR) is 107 cm³/mol. The summed E-state index contributed by atoms with van der Waals surface area (Å²) in [6.45, 7) is 6.95. The summed E-state index contributed by atoms with van der Waals surface area (Å²) in [4.78, 5) is 11.0. The molecule has 1 aromatic rings. The van der Waals surface area contributed by atoms with Crippen LogP contribution < -0.4 is 10.1 Å². The van der Waals surface area contributed by atoms with Crippen molar-refractivity contribution >= 4 is 5.91 Å². The molecule has 0 aromatic heterocycles. The van der Waals surface area contributed by atoms with Gasteiger partial charge in [0.1, 0.15) is 11.6 Å². The Balaban J connectivity index is 1.67. The molecule has 1 N–H and O–H groups in total. The lowest BCUT2D eigenvalue weighted by molar-refractivity contribution is -0.120. The minimum absolute atomic E-state index is 0.0170. The van der Waals surface area contributed by atoms with Gasteiger partial charge in [0.05, 0.1) is 32.0 Å². The van der Waals surface area contributed by atoms with Crippen LogP contribution in [0.5, 0.6) is 5.75 Å². The molecule has 1 aromatic carbocycles. The smallest absolute Gasteiger partial charge is 0.217 e. The van der Waals surface area contributed by atoms with E-state index < -0.39 is 0 Å². The number of hydrogen-bond acceptors (Lipinski definition) is 4. The molecule has 6 heteroatoms. The van der Waals surface area contributed by atoms with Gasteiger partial charge in [-0.1, -0.05) is 19.4 Å². The predicted octanol–water partition coefficient (Wildman–Crippen LogP) is 4.37. The van der Waals surface area contributed by atoms with Crippen LogP contribution in [-0.4, -0.2) is 37.4 Å². The van der Waals surface area contributed by atoms with Crippen LogP contribution in [0.1, 0.15) is 64.9 Å². The minimum Gasteiger partial charge on any atom is -0.493 e. The van der Waals surface area contributed by atoms with Crippen LogP contribution in [-0.2, 0) is 20.9 Å². The average Bonchev–Trinajstić information content (AvgIpc) is 2.66. The third-order valence-corrected chi connectivity index (χ3v) is 4.92. The van der Waals surface area contributed by atoms with E-state index in [0.29, 0.717) is 24.5 Å². The first-order valence-electron chi connectivity index (χ1n) is 10.4. The molecular weight excluding hydrogens is 361 g/mol. The minimum atomic E-state index is -0.280. The molecule has 2 rings (SSSR count). The normalized spacial score (nSPS) is 20.6. The lowest BCUT2D eigenvalue weighted by Gasteiger charge is -2.29. The molecule has 0 bridgehead atoms. The third kappa shape index (κ3) is 8.15. The summed E-state index contributed by atoms with van der Waals surface area (Å²) in [5.74, 6) is 0.250. The van der Waals surface area contributed by atoms with Crippen molar-refractivity contribution in [3.63, 3.8) is 0 Å². The van der Waals surface area contributed by atoms with Crippen molar-refractivity contribution in [2.75, 3.05) is 13.2 Å². The Bertz CT molecular complexity index is 602. The van der Waals surface area contributed by atoms with Crippen molar-refractivity contribution in [2.24, 2.45) is 0 Å². The van der Waals surface area contributed by atoms with Crippen LogP contribution in [0, 0.1) is 5.82 Å². The second kappa shape index (κ2) is 12.0. The molecule has 5 nitrogen and oxygen atoms in total. The highest BCUT2D eigenvalue weighted by Crippen LogP contribution is 2.25. The second-order valence-corrected chi connectivity index (χ2v) is 7.60. The van der Waals surface area contributed by atoms with E-state index in [0.717, 1.165) is 38.5 Å². The number of hydrogen-bond donors (Lipinski definition) is 1. The lowest BCUT2D eigenvalue weighted by Crippen LogP contribution is -2.36. The van der Waals surface area contributed by atoms with Crippen LogP contribution in [0.25, 0.3) is 0 Å². The lowest BCUT2D eigenvalue weighted by atomic mass is 9.95. The molecular formula is C22H34FNO4. The van der Waals surface area contributed by atoms with Crippen molar-refractivity contribution in [1.82, 2.24) is 5.32 Å². The maximum absolute atomic E-state index is 14.2. The van der Waals surface area contributed by atoms with Crippen LogP contribution in [0.4, 0.5) is 4.39 Å². The van der Waals surface area contributed by atoms with E-state index in [-0.39, 0.29) is 36.6 Å². The molecule has 1 fully saturated rings. The van der Waals surface area contributed by atoms with E-state index in [1.807, 2.05) is 6.92 Å². The van der Waals surface area contributed by atoms with Gasteiger partial charge in [-0.25, -0.2) is 4.39 Å². The molecule has 0 aliphatic heterocycles. The molecule has 0 spiro atoms. The van der Waals surface area contributed by atoms with Gasteiger partial charge in [0, 0.05) is 24.6 Å². The quantitative estimate of drug-likeness (QED) is 0.565. The van der Waals surface area contributed by atoms with Crippen molar-refractivity contribution in [3.05, 3.63) is 29.6 Å². The molecule has 0 saturated heterocycles. The highest BCUT2D eigenvalue weighted by Gasteiger charge is 2.23. The summed E-state index contributed by atoms with van der Waals surface area (Å²) >= 11 is 0. The fourth-order valence-corrected chi connectivity index (χ4v) is 3.31. The van der Waals surface area contributed by atoms with Gasteiger partial charge in [-0.05, 0) is 45.1 Å². The molecule has 0 unspecified atom stereocenters. The third-order valence-electron chi connectivity index (χ3n) is 4.92. The van der Waals surface area contributed by atoms with Gasteiger partial charge >= 0.3 is 0 Å². The Morgan fingerprint density at radius 1 is 1.21 bits per heavy atom. The Labute approximate surface area is 167 Å². The standard InChI is InChI=1S/C22H34FNO4/c1-4-5-12-26-21-7-6-18(22(23)13-21)15-28-20-10-8-19(9-11-20)27-14-16(2)24-17(3)25/h6-7,13,16,19-20H,4-5,8-12,14-15H2,1-3H3,(H,24,25)/t16-,19?,20?/m0/s1. The number of nitrogens with one attached hydrogen (secondary N) is 1. The number of unbranched alkanes of at least 4 members (excludes halogenated alkanes) is 1. The van der Waals surface area contributed by atoms with Gasteiger partial charge in [0.2, 0.25) is 5.91 Å². The maximum Gasteiger partial charge on any atom is 0.217 e. The first-order chi connectivity index (χ1) is 13.5. The van der Waals surface area contributed by atoms with Crippen LogP contribution >= 0.6 is 0 Å². The van der Waals surface area contributed by atoms with E-state index >= 15 is 0 Å². The summed E-state index contributed by atoms with van der Waals surface area (Å²) in [7, 11) is 0. The number of ether oxygens (including phenoxy) is 3. The van der Waals surface area contributed by atoms with Gasteiger partial charge in [-0.15, -0.1) is 0 Å². The van der Waals surface area contributed by atoms with Crippen molar-refractivity contribution in [1.29, 1.82) is 0 Å². The molecule has 1 aliphatic carbocycles. The molecule has 0 radical (unpaired) electrons. The van der Waals surface area contributed by atoms with Gasteiger partial charge in [0.25, 0.3) is 0 Å². The second-order valence-electron chi connectivity index (χ2n) is 7.60. The highest BCUT2D eigenvalue weighted by molar-refractivity contribution is 5.73. The Kier molecular flexibility index (Phi) is 9.71. The van der Waals surface area contributed by atoms with Gasteiger partial charge in [0.15, 0.2) is 0 Å². The fraction of sp³-hybridized carbons (Fsp3) is 0.682. The number of rotatable bonds is 11. The largest absolute Gasteiger partial charge is 0.493 e. The average molecular weight is 396 g/mol. The Morgan fingerprint density at radius 2 is 1.89 bits per heavy atom.